The Morgan fingerprint density at radius 1 is 1.19 bits per heavy atom. The molecule has 3 heterocycles. The molecule has 3 aromatic heterocycles. The van der Waals surface area contributed by atoms with Gasteiger partial charge in [-0.15, -0.1) is 0 Å². The van der Waals surface area contributed by atoms with Crippen molar-refractivity contribution in [1.82, 2.24) is 24.7 Å². The van der Waals surface area contributed by atoms with Crippen LogP contribution in [0.15, 0.2) is 30.3 Å². The van der Waals surface area contributed by atoms with Gasteiger partial charge in [0.05, 0.1) is 29.0 Å². The first-order valence-corrected chi connectivity index (χ1v) is 10.0. The molecule has 0 atom stereocenters. The van der Waals surface area contributed by atoms with E-state index in [-0.39, 0.29) is 29.6 Å². The molecule has 6 nitrogen and oxygen atoms in total. The number of hydrogen-bond acceptors (Lipinski definition) is 4. The van der Waals surface area contributed by atoms with Gasteiger partial charge in [-0.2, -0.15) is 5.10 Å². The number of pyridine rings is 1. The van der Waals surface area contributed by atoms with Crippen molar-refractivity contribution in [2.24, 2.45) is 7.05 Å². The summed E-state index contributed by atoms with van der Waals surface area (Å²) in [6, 6.07) is 9.26. The second kappa shape index (κ2) is 9.08. The molecule has 0 amide bonds. The van der Waals surface area contributed by atoms with Crippen molar-refractivity contribution in [2.45, 2.75) is 19.3 Å². The Kier molecular flexibility index (Phi) is 7.03. The zero-order valence-electron chi connectivity index (χ0n) is 16.9. The third-order valence-corrected chi connectivity index (χ3v) is 5.66. The third-order valence-electron chi connectivity index (χ3n) is 4.97. The van der Waals surface area contributed by atoms with Crippen molar-refractivity contribution in [3.8, 4) is 28.7 Å². The first-order chi connectivity index (χ1) is 14.3. The van der Waals surface area contributed by atoms with Gasteiger partial charge in [-0.1, -0.05) is 55.2 Å². The molecule has 158 valence electrons. The fourth-order valence-corrected chi connectivity index (χ4v) is 4.04. The van der Waals surface area contributed by atoms with Gasteiger partial charge in [0, 0.05) is 23.0 Å². The van der Waals surface area contributed by atoms with Gasteiger partial charge in [0.15, 0.2) is 5.82 Å². The van der Waals surface area contributed by atoms with Gasteiger partial charge in [-0.05, 0) is 12.1 Å². The number of H-pyrrole nitrogens is 1. The Balaban J connectivity index is 0.00000272. The summed E-state index contributed by atoms with van der Waals surface area (Å²) >= 11 is 12.9. The summed E-state index contributed by atoms with van der Waals surface area (Å²) in [4.78, 5) is 12.5. The minimum absolute atomic E-state index is 0. The van der Waals surface area contributed by atoms with Crippen LogP contribution in [0.3, 0.4) is 0 Å². The van der Waals surface area contributed by atoms with Crippen molar-refractivity contribution >= 4 is 63.8 Å². The van der Waals surface area contributed by atoms with E-state index in [0.29, 0.717) is 49.9 Å². The number of aromatic nitrogens is 5. The van der Waals surface area contributed by atoms with Crippen molar-refractivity contribution < 1.29 is 9.13 Å². The number of methoxy groups -OCH3 is 1. The van der Waals surface area contributed by atoms with E-state index < -0.39 is 12.1 Å². The summed E-state index contributed by atoms with van der Waals surface area (Å²) in [7, 11) is 3.29. The van der Waals surface area contributed by atoms with E-state index >= 15 is 0 Å². The topological polar surface area (TPSA) is 68.6 Å². The van der Waals surface area contributed by atoms with E-state index in [9.17, 15) is 4.39 Å². The third kappa shape index (κ3) is 4.22. The van der Waals surface area contributed by atoms with Crippen molar-refractivity contribution in [2.75, 3.05) is 13.8 Å². The number of ether oxygens (including phenoxy) is 1. The number of nitrogens with one attached hydrogen (secondary N) is 1. The maximum atomic E-state index is 13.5. The molecule has 1 N–H and O–H groups in total. The summed E-state index contributed by atoms with van der Waals surface area (Å²) in [5, 5.41) is 5.38. The van der Waals surface area contributed by atoms with Gasteiger partial charge in [0.2, 0.25) is 5.88 Å². The molecule has 31 heavy (non-hydrogen) atoms. The van der Waals surface area contributed by atoms with Gasteiger partial charge >= 0.3 is 29.6 Å². The fraction of sp³-hybridized carbons (Fsp3) is 0.286. The average molecular weight is 472 g/mol. The maximum absolute atomic E-state index is 13.5. The molecule has 0 spiro atoms. The van der Waals surface area contributed by atoms with Crippen LogP contribution in [0.1, 0.15) is 19.5 Å². The van der Waals surface area contributed by atoms with E-state index in [1.54, 1.807) is 31.6 Å². The van der Waals surface area contributed by atoms with E-state index in [4.69, 9.17) is 32.9 Å². The predicted octanol–water partition coefficient (Wildman–Crippen LogP) is 4.94. The zero-order valence-corrected chi connectivity index (χ0v) is 18.4. The number of alkyl halides is 1. The first kappa shape index (κ1) is 24.0. The number of nitrogens with zero attached hydrogens (tertiary/aromatic N) is 4. The summed E-state index contributed by atoms with van der Waals surface area (Å²) in [6.45, 7) is 2.93. The van der Waals surface area contributed by atoms with Crippen LogP contribution >= 0.6 is 23.2 Å². The molecular weight excluding hydrogens is 451 g/mol. The van der Waals surface area contributed by atoms with Crippen molar-refractivity contribution in [1.29, 1.82) is 0 Å². The molecule has 0 radical (unpaired) electrons. The van der Waals surface area contributed by atoms with Crippen LogP contribution < -0.4 is 4.74 Å². The second-order valence-electron chi connectivity index (χ2n) is 7.63. The van der Waals surface area contributed by atoms with Gasteiger partial charge in [0.25, 0.3) is 0 Å². The predicted molar refractivity (Wildman–Crippen MR) is 124 cm³/mol. The van der Waals surface area contributed by atoms with E-state index in [1.807, 2.05) is 24.3 Å². The molecule has 0 aliphatic rings. The molecular formula is C21H21Cl2FN5NaO. The molecule has 0 aliphatic carbocycles. The Morgan fingerprint density at radius 3 is 2.55 bits per heavy atom. The Labute approximate surface area is 211 Å². The molecule has 0 unspecified atom stereocenters. The monoisotopic (exact) mass is 471 g/mol. The molecule has 0 fully saturated rings. The summed E-state index contributed by atoms with van der Waals surface area (Å²) < 4.78 is 20.6. The second-order valence-corrected chi connectivity index (χ2v) is 8.41. The zero-order chi connectivity index (χ0) is 21.6. The Hall–Kier alpha value is -1.64. The van der Waals surface area contributed by atoms with Crippen LogP contribution in [0.2, 0.25) is 10.0 Å². The van der Waals surface area contributed by atoms with Gasteiger partial charge in [0.1, 0.15) is 17.9 Å². The molecule has 0 saturated heterocycles. The quantitative estimate of drug-likeness (QED) is 0.418. The molecule has 0 saturated carbocycles. The SMILES string of the molecule is COc1nc(-c2ccccc2Cl)cc2nc(-c3c(Cl)c(C(C)(C)CF)nn3C)[nH]c12.[NaH]. The van der Waals surface area contributed by atoms with Crippen LogP contribution in [0.25, 0.3) is 33.8 Å². The summed E-state index contributed by atoms with van der Waals surface area (Å²) in [6.07, 6.45) is 0. The van der Waals surface area contributed by atoms with Crippen molar-refractivity contribution in [3.05, 3.63) is 46.1 Å². The standard InChI is InChI=1S/C21H20Cl2FN5O.Na.H/c1-21(2,10-24)18-15(23)17(29(3)28-18)19-25-14-9-13(11-7-5-6-8-12(11)22)26-20(30-4)16(14)27-19;;/h5-9H,10H2,1-4H3,(H,25,27);;. The number of halogens is 3. The van der Waals surface area contributed by atoms with Gasteiger partial charge in [-0.25, -0.2) is 9.97 Å². The van der Waals surface area contributed by atoms with E-state index in [2.05, 4.69) is 15.1 Å². The molecule has 4 rings (SSSR count). The van der Waals surface area contributed by atoms with Gasteiger partial charge < -0.3 is 9.72 Å². The van der Waals surface area contributed by atoms with Crippen molar-refractivity contribution in [3.63, 3.8) is 0 Å². The molecule has 10 heteroatoms. The van der Waals surface area contributed by atoms with Crippen LogP contribution in [0.4, 0.5) is 4.39 Å². The normalized spacial score (nSPS) is 11.6. The summed E-state index contributed by atoms with van der Waals surface area (Å²) in [5.41, 5.74) is 2.89. The van der Waals surface area contributed by atoms with Crippen LogP contribution in [-0.4, -0.2) is 68.1 Å². The number of aromatic amines is 1. The number of benzene rings is 1. The van der Waals surface area contributed by atoms with E-state index in [0.717, 1.165) is 5.56 Å². The number of imidazole rings is 1. The van der Waals surface area contributed by atoms with Gasteiger partial charge in [-0.3, -0.25) is 9.07 Å². The molecule has 1 aromatic carbocycles. The summed E-state index contributed by atoms with van der Waals surface area (Å²) in [5.74, 6) is 0.867. The number of rotatable bonds is 5. The first-order valence-electron chi connectivity index (χ1n) is 9.25. The molecule has 0 bridgehead atoms. The molecule has 4 aromatic rings. The number of aryl methyl sites for hydroxylation is 1. The Morgan fingerprint density at radius 2 is 1.90 bits per heavy atom. The average Bonchev–Trinajstić information content (AvgIpc) is 3.27. The van der Waals surface area contributed by atoms with Crippen LogP contribution in [0, 0.1) is 0 Å². The Bertz CT molecular complexity index is 1250. The number of hydrogen-bond donors (Lipinski definition) is 1. The van der Waals surface area contributed by atoms with E-state index in [1.165, 1.54) is 7.11 Å². The number of fused-ring (bicyclic) bond motifs is 1. The van der Waals surface area contributed by atoms with Crippen LogP contribution in [0.5, 0.6) is 5.88 Å². The molecule has 0 aliphatic heterocycles. The fourth-order valence-electron chi connectivity index (χ4n) is 3.30. The minimum atomic E-state index is -0.810. The van der Waals surface area contributed by atoms with Crippen LogP contribution in [-0.2, 0) is 12.5 Å².